The van der Waals surface area contributed by atoms with Crippen molar-refractivity contribution < 1.29 is 9.18 Å². The molecule has 0 aliphatic rings. The fourth-order valence-electron chi connectivity index (χ4n) is 1.31. The van der Waals surface area contributed by atoms with Crippen LogP contribution in [-0.2, 0) is 11.2 Å². The molecule has 0 unspecified atom stereocenters. The molecule has 0 bridgehead atoms. The van der Waals surface area contributed by atoms with Crippen LogP contribution in [0.1, 0.15) is 25.8 Å². The Morgan fingerprint density at radius 2 is 2.12 bits per heavy atom. The highest BCUT2D eigenvalue weighted by Crippen LogP contribution is 2.28. The molecular weight excluding hydrogens is 294 g/mol. The van der Waals surface area contributed by atoms with E-state index in [1.54, 1.807) is 12.1 Å². The summed E-state index contributed by atoms with van der Waals surface area (Å²) in [5, 5.41) is 0.0782. The summed E-state index contributed by atoms with van der Waals surface area (Å²) in [6.07, 6.45) is 0.752. The minimum absolute atomic E-state index is 0.00557. The van der Waals surface area contributed by atoms with Crippen molar-refractivity contribution in [2.45, 2.75) is 26.7 Å². The molecule has 0 saturated carbocycles. The van der Waals surface area contributed by atoms with Gasteiger partial charge in [0.1, 0.15) is 11.6 Å². The number of Topliss-reactive ketones (excluding diaryl/α,β-unsaturated/α-hetero) is 1. The number of hydrogen-bond acceptors (Lipinski definition) is 1. The van der Waals surface area contributed by atoms with Crippen LogP contribution in [0, 0.1) is 11.7 Å². The molecule has 0 aliphatic heterocycles. The number of hydrogen-bond donors (Lipinski definition) is 0. The molecule has 16 heavy (non-hydrogen) atoms. The molecule has 4 heteroatoms. The molecule has 0 amide bonds. The van der Waals surface area contributed by atoms with E-state index in [9.17, 15) is 9.18 Å². The number of rotatable bonds is 4. The van der Waals surface area contributed by atoms with Gasteiger partial charge in [-0.25, -0.2) is 4.39 Å². The lowest BCUT2D eigenvalue weighted by molar-refractivity contribution is -0.121. The maximum absolute atomic E-state index is 13.6. The minimum atomic E-state index is -0.437. The summed E-state index contributed by atoms with van der Waals surface area (Å²) in [7, 11) is 0. The van der Waals surface area contributed by atoms with E-state index >= 15 is 0 Å². The van der Waals surface area contributed by atoms with Crippen LogP contribution in [0.3, 0.4) is 0 Å². The van der Waals surface area contributed by atoms with E-state index in [0.29, 0.717) is 22.9 Å². The van der Waals surface area contributed by atoms with E-state index in [1.807, 2.05) is 13.8 Å². The first-order chi connectivity index (χ1) is 7.43. The van der Waals surface area contributed by atoms with Gasteiger partial charge in [-0.15, -0.1) is 0 Å². The fraction of sp³-hybridized carbons (Fsp3) is 0.417. The van der Waals surface area contributed by atoms with Gasteiger partial charge in [0, 0.05) is 16.8 Å². The summed E-state index contributed by atoms with van der Waals surface area (Å²) in [6, 6.07) is 3.35. The first-order valence-corrected chi connectivity index (χ1v) is 6.25. The van der Waals surface area contributed by atoms with Crippen LogP contribution < -0.4 is 0 Å². The highest BCUT2D eigenvalue weighted by Gasteiger charge is 2.12. The normalized spacial score (nSPS) is 10.9. The maximum atomic E-state index is 13.6. The van der Waals surface area contributed by atoms with Crippen LogP contribution in [0.2, 0.25) is 5.02 Å². The van der Waals surface area contributed by atoms with Gasteiger partial charge in [0.25, 0.3) is 0 Å². The van der Waals surface area contributed by atoms with Crippen molar-refractivity contribution in [1.29, 1.82) is 0 Å². The maximum Gasteiger partial charge on any atom is 0.146 e. The molecule has 88 valence electrons. The lowest BCUT2D eigenvalue weighted by Gasteiger charge is -2.07. The topological polar surface area (TPSA) is 17.1 Å². The summed E-state index contributed by atoms with van der Waals surface area (Å²) in [6.45, 7) is 3.68. The third-order valence-electron chi connectivity index (χ3n) is 2.40. The summed E-state index contributed by atoms with van der Waals surface area (Å²) in [4.78, 5) is 11.4. The predicted molar refractivity (Wildman–Crippen MR) is 67.3 cm³/mol. The molecule has 0 heterocycles. The third kappa shape index (κ3) is 3.29. The fourth-order valence-corrected chi connectivity index (χ4v) is 1.80. The number of benzene rings is 1. The second kappa shape index (κ2) is 5.78. The summed E-state index contributed by atoms with van der Waals surface area (Å²) in [5.41, 5.74) is 0.488. The van der Waals surface area contributed by atoms with Crippen molar-refractivity contribution in [1.82, 2.24) is 0 Å². The number of ketones is 1. The zero-order valence-electron chi connectivity index (χ0n) is 9.19. The van der Waals surface area contributed by atoms with Crippen LogP contribution in [0.25, 0.3) is 0 Å². The van der Waals surface area contributed by atoms with Crippen molar-refractivity contribution in [3.8, 4) is 0 Å². The molecule has 0 aliphatic carbocycles. The predicted octanol–water partition coefficient (Wildman–Crippen LogP) is 4.40. The van der Waals surface area contributed by atoms with Crippen LogP contribution in [0.4, 0.5) is 4.39 Å². The van der Waals surface area contributed by atoms with Gasteiger partial charge in [-0.3, -0.25) is 4.79 Å². The average Bonchev–Trinajstić information content (AvgIpc) is 2.24. The Labute approximate surface area is 108 Å². The number of halogens is 3. The SMILES string of the molecule is CC(C)C(=O)CCc1ccc(Br)c(Cl)c1F. The molecule has 1 aromatic rings. The van der Waals surface area contributed by atoms with Gasteiger partial charge < -0.3 is 0 Å². The van der Waals surface area contributed by atoms with Crippen LogP contribution in [0.5, 0.6) is 0 Å². The number of carbonyl (C=O) groups is 1. The summed E-state index contributed by atoms with van der Waals surface area (Å²) >= 11 is 8.90. The van der Waals surface area contributed by atoms with Crippen LogP contribution >= 0.6 is 27.5 Å². The van der Waals surface area contributed by atoms with E-state index < -0.39 is 5.82 Å². The summed E-state index contributed by atoms with van der Waals surface area (Å²) < 4.78 is 14.2. The Bertz CT molecular complexity index is 404. The largest absolute Gasteiger partial charge is 0.299 e. The zero-order valence-corrected chi connectivity index (χ0v) is 11.5. The van der Waals surface area contributed by atoms with Gasteiger partial charge in [0.05, 0.1) is 5.02 Å². The molecule has 1 rings (SSSR count). The molecule has 0 atom stereocenters. The first kappa shape index (κ1) is 13.7. The second-order valence-corrected chi connectivity index (χ2v) is 5.19. The molecule has 0 N–H and O–H groups in total. The van der Waals surface area contributed by atoms with E-state index in [0.717, 1.165) is 0 Å². The molecule has 0 aromatic heterocycles. The van der Waals surface area contributed by atoms with E-state index in [2.05, 4.69) is 15.9 Å². The van der Waals surface area contributed by atoms with Gasteiger partial charge in [0.2, 0.25) is 0 Å². The Hall–Kier alpha value is -0.410. The Morgan fingerprint density at radius 1 is 1.50 bits per heavy atom. The van der Waals surface area contributed by atoms with Crippen molar-refractivity contribution in [3.63, 3.8) is 0 Å². The highest BCUT2D eigenvalue weighted by molar-refractivity contribution is 9.10. The molecule has 1 nitrogen and oxygen atoms in total. The zero-order chi connectivity index (χ0) is 12.3. The lowest BCUT2D eigenvalue weighted by Crippen LogP contribution is -2.08. The molecule has 1 aromatic carbocycles. The quantitative estimate of drug-likeness (QED) is 0.754. The van der Waals surface area contributed by atoms with Crippen LogP contribution in [-0.4, -0.2) is 5.78 Å². The van der Waals surface area contributed by atoms with E-state index in [4.69, 9.17) is 11.6 Å². The first-order valence-electron chi connectivity index (χ1n) is 5.08. The highest BCUT2D eigenvalue weighted by atomic mass is 79.9. The Balaban J connectivity index is 2.76. The van der Waals surface area contributed by atoms with Gasteiger partial charge in [-0.1, -0.05) is 31.5 Å². The van der Waals surface area contributed by atoms with E-state index in [-0.39, 0.29) is 16.7 Å². The van der Waals surface area contributed by atoms with Crippen molar-refractivity contribution >= 4 is 33.3 Å². The van der Waals surface area contributed by atoms with Gasteiger partial charge in [0.15, 0.2) is 0 Å². The monoisotopic (exact) mass is 306 g/mol. The number of carbonyl (C=O) groups excluding carboxylic acids is 1. The lowest BCUT2D eigenvalue weighted by atomic mass is 10.0. The Kier molecular flexibility index (Phi) is 4.93. The van der Waals surface area contributed by atoms with Gasteiger partial charge in [-0.2, -0.15) is 0 Å². The molecule has 0 saturated heterocycles. The number of aryl methyl sites for hydroxylation is 1. The van der Waals surface area contributed by atoms with Crippen LogP contribution in [0.15, 0.2) is 16.6 Å². The van der Waals surface area contributed by atoms with Crippen molar-refractivity contribution in [2.24, 2.45) is 5.92 Å². The molecule has 0 spiro atoms. The van der Waals surface area contributed by atoms with Crippen molar-refractivity contribution in [2.75, 3.05) is 0 Å². The second-order valence-electron chi connectivity index (χ2n) is 3.96. The Morgan fingerprint density at radius 3 is 2.69 bits per heavy atom. The third-order valence-corrected chi connectivity index (χ3v) is 3.66. The van der Waals surface area contributed by atoms with Crippen molar-refractivity contribution in [3.05, 3.63) is 33.0 Å². The van der Waals surface area contributed by atoms with E-state index in [1.165, 1.54) is 0 Å². The molecule has 0 radical (unpaired) electrons. The van der Waals surface area contributed by atoms with Gasteiger partial charge in [-0.05, 0) is 34.0 Å². The van der Waals surface area contributed by atoms with Gasteiger partial charge >= 0.3 is 0 Å². The molecule has 0 fully saturated rings. The average molecular weight is 308 g/mol. The standard InChI is InChI=1S/C12H13BrClFO/c1-7(2)10(16)6-4-8-3-5-9(13)11(14)12(8)15/h3,5,7H,4,6H2,1-2H3. The minimum Gasteiger partial charge on any atom is -0.299 e. The summed E-state index contributed by atoms with van der Waals surface area (Å²) in [5.74, 6) is -0.306. The molecular formula is C12H13BrClFO. The smallest absolute Gasteiger partial charge is 0.146 e.